The summed E-state index contributed by atoms with van der Waals surface area (Å²) < 4.78 is 0. The Morgan fingerprint density at radius 3 is 2.50 bits per heavy atom. The number of rotatable bonds is 4. The van der Waals surface area contributed by atoms with Gasteiger partial charge in [0, 0.05) is 6.04 Å². The van der Waals surface area contributed by atoms with Crippen molar-refractivity contribution in [2.24, 2.45) is 5.73 Å². The number of hydrogen-bond acceptors (Lipinski definition) is 3. The Bertz CT molecular complexity index is 97.7. The van der Waals surface area contributed by atoms with Gasteiger partial charge in [-0.2, -0.15) is 0 Å². The van der Waals surface area contributed by atoms with Gasteiger partial charge in [-0.15, -0.1) is 0 Å². The van der Waals surface area contributed by atoms with Gasteiger partial charge < -0.3 is 15.6 Å². The third-order valence-electron chi connectivity index (χ3n) is 1.17. The third kappa shape index (κ3) is 6.15. The Morgan fingerprint density at radius 1 is 1.70 bits per heavy atom. The largest absolute Gasteiger partial charge is 1.00 e. The molecule has 0 spiro atoms. The summed E-state index contributed by atoms with van der Waals surface area (Å²) in [6, 6.07) is -0.773. The van der Waals surface area contributed by atoms with E-state index >= 15 is 0 Å². The summed E-state index contributed by atoms with van der Waals surface area (Å²) >= 11 is 0. The molecular formula is C6H12LiNO2. The van der Waals surface area contributed by atoms with Crippen LogP contribution in [0, 0.1) is 0 Å². The molecule has 1 atom stereocenters. The van der Waals surface area contributed by atoms with Crippen LogP contribution in [0.4, 0.5) is 0 Å². The first kappa shape index (κ1) is 12.7. The van der Waals surface area contributed by atoms with E-state index in [0.29, 0.717) is 6.42 Å². The van der Waals surface area contributed by atoms with Crippen LogP contribution in [-0.2, 0) is 4.79 Å². The van der Waals surface area contributed by atoms with Crippen LogP contribution in [0.1, 0.15) is 26.2 Å². The van der Waals surface area contributed by atoms with E-state index in [2.05, 4.69) is 0 Å². The summed E-state index contributed by atoms with van der Waals surface area (Å²) in [5.74, 6) is -1.15. The Morgan fingerprint density at radius 2 is 2.20 bits per heavy atom. The molecule has 3 nitrogen and oxygen atoms in total. The molecule has 0 saturated heterocycles. The van der Waals surface area contributed by atoms with E-state index in [1.807, 2.05) is 6.92 Å². The zero-order chi connectivity index (χ0) is 7.28. The molecule has 4 heteroatoms. The van der Waals surface area contributed by atoms with Crippen molar-refractivity contribution in [3.05, 3.63) is 0 Å². The van der Waals surface area contributed by atoms with Crippen molar-refractivity contribution in [1.82, 2.24) is 0 Å². The van der Waals surface area contributed by atoms with Gasteiger partial charge in [0.25, 0.3) is 0 Å². The Hall–Kier alpha value is 0.0274. The average molecular weight is 137 g/mol. The molecule has 0 saturated carbocycles. The van der Waals surface area contributed by atoms with E-state index < -0.39 is 12.0 Å². The second-order valence-electron chi connectivity index (χ2n) is 2.07. The minimum atomic E-state index is -1.15. The summed E-state index contributed by atoms with van der Waals surface area (Å²) in [6.45, 7) is 1.99. The van der Waals surface area contributed by atoms with Crippen LogP contribution in [0.5, 0.6) is 0 Å². The molecule has 0 aromatic carbocycles. The molecule has 54 valence electrons. The second-order valence-corrected chi connectivity index (χ2v) is 2.07. The molecule has 1 unspecified atom stereocenters. The number of unbranched alkanes of at least 4 members (excludes halogenated alkanes) is 1. The maximum absolute atomic E-state index is 9.97. The van der Waals surface area contributed by atoms with Crippen molar-refractivity contribution < 1.29 is 28.8 Å². The van der Waals surface area contributed by atoms with Crippen molar-refractivity contribution in [2.45, 2.75) is 32.2 Å². The monoisotopic (exact) mass is 137 g/mol. The Kier molecular flexibility index (Phi) is 9.05. The van der Waals surface area contributed by atoms with Gasteiger partial charge in [0.15, 0.2) is 0 Å². The van der Waals surface area contributed by atoms with Gasteiger partial charge in [-0.05, 0) is 6.42 Å². The van der Waals surface area contributed by atoms with Crippen molar-refractivity contribution in [3.8, 4) is 0 Å². The van der Waals surface area contributed by atoms with Crippen LogP contribution >= 0.6 is 0 Å². The van der Waals surface area contributed by atoms with E-state index in [1.54, 1.807) is 0 Å². The molecule has 0 fully saturated rings. The van der Waals surface area contributed by atoms with Crippen LogP contribution in [-0.4, -0.2) is 12.0 Å². The van der Waals surface area contributed by atoms with E-state index in [1.165, 1.54) is 0 Å². The first-order valence-electron chi connectivity index (χ1n) is 3.15. The van der Waals surface area contributed by atoms with Crippen LogP contribution in [0.2, 0.25) is 0 Å². The molecule has 0 aliphatic heterocycles. The fraction of sp³-hybridized carbons (Fsp3) is 0.833. The number of hydrogen-bond donors (Lipinski definition) is 1. The first-order valence-corrected chi connectivity index (χ1v) is 3.15. The minimum absolute atomic E-state index is 0. The molecule has 0 heterocycles. The molecule has 0 bridgehead atoms. The standard InChI is InChI=1S/C6H13NO2.Li/c1-2-3-4-5(7)6(8)9;/h5H,2-4,7H2,1H3,(H,8,9);/q;+1/p-1. The number of aliphatic carboxylic acids is 1. The molecule has 0 amide bonds. The topological polar surface area (TPSA) is 66.2 Å². The predicted molar refractivity (Wildman–Crippen MR) is 32.5 cm³/mol. The van der Waals surface area contributed by atoms with E-state index in [0.717, 1.165) is 12.8 Å². The Balaban J connectivity index is 0. The molecule has 0 rings (SSSR count). The van der Waals surface area contributed by atoms with Gasteiger partial charge in [0.05, 0.1) is 5.97 Å². The molecule has 0 radical (unpaired) electrons. The van der Waals surface area contributed by atoms with Crippen LogP contribution in [0.25, 0.3) is 0 Å². The quantitative estimate of drug-likeness (QED) is 0.405. The zero-order valence-corrected chi connectivity index (χ0v) is 6.59. The van der Waals surface area contributed by atoms with Gasteiger partial charge in [-0.3, -0.25) is 0 Å². The van der Waals surface area contributed by atoms with E-state index in [9.17, 15) is 9.90 Å². The van der Waals surface area contributed by atoms with Gasteiger partial charge in [-0.25, -0.2) is 0 Å². The van der Waals surface area contributed by atoms with Gasteiger partial charge in [0.2, 0.25) is 0 Å². The molecular weight excluding hydrogens is 125 g/mol. The number of carboxylic acids is 1. The van der Waals surface area contributed by atoms with Crippen LogP contribution in [0.15, 0.2) is 0 Å². The van der Waals surface area contributed by atoms with E-state index in [-0.39, 0.29) is 18.9 Å². The molecule has 10 heavy (non-hydrogen) atoms. The summed E-state index contributed by atoms with van der Waals surface area (Å²) in [5, 5.41) is 9.97. The zero-order valence-electron chi connectivity index (χ0n) is 6.59. The maximum atomic E-state index is 9.97. The number of carboxylic acid groups (broad SMARTS) is 1. The maximum Gasteiger partial charge on any atom is 1.00 e. The summed E-state index contributed by atoms with van der Waals surface area (Å²) in [4.78, 5) is 9.97. The first-order chi connectivity index (χ1) is 4.18. The molecule has 0 aromatic rings. The van der Waals surface area contributed by atoms with Gasteiger partial charge >= 0.3 is 18.9 Å². The predicted octanol–water partition coefficient (Wildman–Crippen LogP) is -3.74. The fourth-order valence-corrected chi connectivity index (χ4v) is 0.542. The van der Waals surface area contributed by atoms with Crippen molar-refractivity contribution >= 4 is 5.97 Å². The van der Waals surface area contributed by atoms with Crippen molar-refractivity contribution in [3.63, 3.8) is 0 Å². The number of carbonyl (C=O) groups excluding carboxylic acids is 1. The smallest absolute Gasteiger partial charge is 0.548 e. The summed E-state index contributed by atoms with van der Waals surface area (Å²) in [7, 11) is 0. The molecule has 0 aliphatic rings. The summed E-state index contributed by atoms with van der Waals surface area (Å²) in [6.07, 6.45) is 2.36. The molecule has 0 aliphatic carbocycles. The number of carbonyl (C=O) groups is 1. The second kappa shape index (κ2) is 7.14. The van der Waals surface area contributed by atoms with Gasteiger partial charge in [-0.1, -0.05) is 19.8 Å². The average Bonchev–Trinajstić information content (AvgIpc) is 1.82. The van der Waals surface area contributed by atoms with Crippen molar-refractivity contribution in [1.29, 1.82) is 0 Å². The molecule has 2 N–H and O–H groups in total. The van der Waals surface area contributed by atoms with Gasteiger partial charge in [0.1, 0.15) is 0 Å². The molecule has 0 aromatic heterocycles. The minimum Gasteiger partial charge on any atom is -0.548 e. The third-order valence-corrected chi connectivity index (χ3v) is 1.17. The van der Waals surface area contributed by atoms with E-state index in [4.69, 9.17) is 5.73 Å². The SMILES string of the molecule is CCCCC(N)C(=O)[O-].[Li+]. The van der Waals surface area contributed by atoms with Crippen LogP contribution in [0.3, 0.4) is 0 Å². The fourth-order valence-electron chi connectivity index (χ4n) is 0.542. The summed E-state index contributed by atoms with van der Waals surface area (Å²) in [5.41, 5.74) is 5.14. The number of nitrogens with two attached hydrogens (primary N) is 1. The normalized spacial score (nSPS) is 11.8. The van der Waals surface area contributed by atoms with Crippen LogP contribution < -0.4 is 29.7 Å². The van der Waals surface area contributed by atoms with Crippen molar-refractivity contribution in [2.75, 3.05) is 0 Å². The Labute approximate surface area is 73.2 Å².